The molecule has 0 bridgehead atoms. The average Bonchev–Trinajstić information content (AvgIpc) is 2.52. The van der Waals surface area contributed by atoms with Crippen LogP contribution in [0.4, 0.5) is 5.69 Å². The number of fused-ring (bicyclic) bond motifs is 1. The van der Waals surface area contributed by atoms with Crippen LogP contribution in [-0.4, -0.2) is 19.7 Å². The van der Waals surface area contributed by atoms with Crippen LogP contribution in [0.2, 0.25) is 5.02 Å². The molecule has 1 N–H and O–H groups in total. The molecule has 0 saturated heterocycles. The number of sulfone groups is 1. The van der Waals surface area contributed by atoms with Gasteiger partial charge in [-0.25, -0.2) is 8.42 Å². The maximum Gasteiger partial charge on any atom is 0.175 e. The van der Waals surface area contributed by atoms with Crippen molar-refractivity contribution in [2.45, 2.75) is 11.4 Å². The first-order chi connectivity index (χ1) is 11.3. The van der Waals surface area contributed by atoms with E-state index < -0.39 is 9.84 Å². The molecule has 24 heavy (non-hydrogen) atoms. The van der Waals surface area contributed by atoms with Crippen LogP contribution in [0, 0.1) is 0 Å². The highest BCUT2D eigenvalue weighted by Gasteiger charge is 2.08. The largest absolute Gasteiger partial charge is 0.380 e. The lowest BCUT2D eigenvalue weighted by Crippen LogP contribution is -2.02. The summed E-state index contributed by atoms with van der Waals surface area (Å²) >= 11 is 9.68. The van der Waals surface area contributed by atoms with Gasteiger partial charge in [0.25, 0.3) is 0 Å². The molecular weight excluding hydrogens is 412 g/mol. The van der Waals surface area contributed by atoms with Gasteiger partial charge >= 0.3 is 0 Å². The second-order valence-corrected chi connectivity index (χ2v) is 8.75. The van der Waals surface area contributed by atoms with Crippen molar-refractivity contribution in [2.24, 2.45) is 0 Å². The first kappa shape index (κ1) is 17.2. The van der Waals surface area contributed by atoms with Crippen molar-refractivity contribution >= 4 is 54.0 Å². The molecule has 3 rings (SSSR count). The molecule has 2 aromatic carbocycles. The van der Waals surface area contributed by atoms with Gasteiger partial charge in [0.05, 0.1) is 15.4 Å². The summed E-state index contributed by atoms with van der Waals surface area (Å²) < 4.78 is 23.9. The molecule has 0 spiro atoms. The van der Waals surface area contributed by atoms with Gasteiger partial charge in [0.2, 0.25) is 0 Å². The summed E-state index contributed by atoms with van der Waals surface area (Å²) in [6, 6.07) is 12.5. The molecule has 124 valence electrons. The second-order valence-electron chi connectivity index (χ2n) is 5.41. The molecule has 0 saturated carbocycles. The lowest BCUT2D eigenvalue weighted by Gasteiger charge is -2.11. The minimum atomic E-state index is -3.17. The molecule has 7 heteroatoms. The van der Waals surface area contributed by atoms with Crippen LogP contribution in [0.1, 0.15) is 5.56 Å². The fourth-order valence-corrected chi connectivity index (χ4v) is 3.87. The van der Waals surface area contributed by atoms with Gasteiger partial charge in [-0.15, -0.1) is 0 Å². The Balaban J connectivity index is 1.86. The summed E-state index contributed by atoms with van der Waals surface area (Å²) in [5.74, 6) is 0. The Morgan fingerprint density at radius 1 is 1.17 bits per heavy atom. The average molecular weight is 426 g/mol. The summed E-state index contributed by atoms with van der Waals surface area (Å²) in [6.07, 6.45) is 2.90. The topological polar surface area (TPSA) is 59.1 Å². The van der Waals surface area contributed by atoms with Crippen molar-refractivity contribution in [3.05, 3.63) is 63.7 Å². The normalized spacial score (nSPS) is 11.6. The molecule has 0 atom stereocenters. The van der Waals surface area contributed by atoms with Crippen LogP contribution in [0.25, 0.3) is 10.9 Å². The van der Waals surface area contributed by atoms with Gasteiger partial charge in [-0.05, 0) is 35.9 Å². The van der Waals surface area contributed by atoms with Crippen molar-refractivity contribution in [1.82, 2.24) is 4.98 Å². The zero-order chi connectivity index (χ0) is 17.3. The highest BCUT2D eigenvalue weighted by molar-refractivity contribution is 9.10. The molecule has 0 aliphatic carbocycles. The molecule has 0 aliphatic heterocycles. The Hall–Kier alpha value is -1.63. The summed E-state index contributed by atoms with van der Waals surface area (Å²) in [4.78, 5) is 4.63. The fourth-order valence-electron chi connectivity index (χ4n) is 2.38. The number of hydrogen-bond acceptors (Lipinski definition) is 4. The van der Waals surface area contributed by atoms with E-state index in [1.807, 2.05) is 18.2 Å². The minimum Gasteiger partial charge on any atom is -0.380 e. The molecule has 0 aliphatic rings. The molecule has 3 aromatic rings. The summed E-state index contributed by atoms with van der Waals surface area (Å²) in [5.41, 5.74) is 2.63. The molecule has 0 fully saturated rings. The smallest absolute Gasteiger partial charge is 0.175 e. The number of halogens is 2. The number of anilines is 1. The van der Waals surface area contributed by atoms with Crippen LogP contribution in [0.15, 0.2) is 58.0 Å². The third-order valence-electron chi connectivity index (χ3n) is 3.60. The van der Waals surface area contributed by atoms with Crippen molar-refractivity contribution < 1.29 is 8.42 Å². The third kappa shape index (κ3) is 3.71. The van der Waals surface area contributed by atoms with E-state index in [1.165, 1.54) is 6.26 Å². The highest BCUT2D eigenvalue weighted by Crippen LogP contribution is 2.31. The first-order valence-corrected chi connectivity index (χ1v) is 10.2. The van der Waals surface area contributed by atoms with Gasteiger partial charge < -0.3 is 5.32 Å². The molecule has 4 nitrogen and oxygen atoms in total. The molecule has 0 radical (unpaired) electrons. The van der Waals surface area contributed by atoms with Gasteiger partial charge in [-0.3, -0.25) is 4.98 Å². The molecule has 0 amide bonds. The van der Waals surface area contributed by atoms with Gasteiger partial charge in [-0.1, -0.05) is 39.7 Å². The van der Waals surface area contributed by atoms with Gasteiger partial charge in [-0.2, -0.15) is 0 Å². The van der Waals surface area contributed by atoms with Crippen molar-refractivity contribution in [3.63, 3.8) is 0 Å². The van der Waals surface area contributed by atoms with Crippen LogP contribution in [-0.2, 0) is 16.4 Å². The minimum absolute atomic E-state index is 0.316. The number of pyridine rings is 1. The van der Waals surface area contributed by atoms with Crippen molar-refractivity contribution in [1.29, 1.82) is 0 Å². The predicted octanol–water partition coefficient (Wildman–Crippen LogP) is 4.67. The summed E-state index contributed by atoms with van der Waals surface area (Å²) in [7, 11) is -3.17. The van der Waals surface area contributed by atoms with E-state index in [0.717, 1.165) is 26.6 Å². The molecule has 0 unspecified atom stereocenters. The van der Waals surface area contributed by atoms with E-state index in [-0.39, 0.29) is 0 Å². The fraction of sp³-hybridized carbons (Fsp3) is 0.118. The van der Waals surface area contributed by atoms with Crippen LogP contribution < -0.4 is 5.32 Å². The van der Waals surface area contributed by atoms with Crippen LogP contribution >= 0.6 is 27.5 Å². The Morgan fingerprint density at radius 3 is 2.54 bits per heavy atom. The highest BCUT2D eigenvalue weighted by atomic mass is 79.9. The van der Waals surface area contributed by atoms with E-state index >= 15 is 0 Å². The Labute approximate surface area is 153 Å². The monoisotopic (exact) mass is 424 g/mol. The maximum absolute atomic E-state index is 11.5. The summed E-state index contributed by atoms with van der Waals surface area (Å²) in [5, 5.41) is 4.85. The van der Waals surface area contributed by atoms with Crippen molar-refractivity contribution in [3.8, 4) is 0 Å². The standard InChI is InChI=1S/C17H14BrClN2O2S/c1-24(22,23)13-4-2-11(3-5-13)10-21-16-6-7-20-17-14(16)8-12(18)9-15(17)19/h2-9H,10H2,1H3,(H,20,21). The molecular formula is C17H14BrClN2O2S. The zero-order valence-electron chi connectivity index (χ0n) is 12.8. The summed E-state index contributed by atoms with van der Waals surface area (Å²) in [6.45, 7) is 0.563. The Bertz CT molecular complexity index is 1010. The second kappa shape index (κ2) is 6.70. The predicted molar refractivity (Wildman–Crippen MR) is 101 cm³/mol. The Kier molecular flexibility index (Phi) is 4.80. The van der Waals surface area contributed by atoms with E-state index in [1.54, 1.807) is 30.5 Å². The van der Waals surface area contributed by atoms with Gasteiger partial charge in [0.1, 0.15) is 0 Å². The quantitative estimate of drug-likeness (QED) is 0.660. The number of nitrogens with one attached hydrogen (secondary N) is 1. The van der Waals surface area contributed by atoms with E-state index in [2.05, 4.69) is 26.2 Å². The Morgan fingerprint density at radius 2 is 1.88 bits per heavy atom. The number of aromatic nitrogens is 1. The lowest BCUT2D eigenvalue weighted by molar-refractivity contribution is 0.602. The van der Waals surface area contributed by atoms with Crippen LogP contribution in [0.3, 0.4) is 0 Å². The SMILES string of the molecule is CS(=O)(=O)c1ccc(CNc2ccnc3c(Cl)cc(Br)cc23)cc1. The first-order valence-electron chi connectivity index (χ1n) is 7.11. The third-order valence-corrected chi connectivity index (χ3v) is 5.47. The number of nitrogens with zero attached hydrogens (tertiary/aromatic N) is 1. The van der Waals surface area contributed by atoms with E-state index in [9.17, 15) is 8.42 Å². The van der Waals surface area contributed by atoms with Crippen LogP contribution in [0.5, 0.6) is 0 Å². The zero-order valence-corrected chi connectivity index (χ0v) is 15.9. The number of rotatable bonds is 4. The maximum atomic E-state index is 11.5. The van der Waals surface area contributed by atoms with E-state index in [4.69, 9.17) is 11.6 Å². The van der Waals surface area contributed by atoms with Crippen molar-refractivity contribution in [2.75, 3.05) is 11.6 Å². The van der Waals surface area contributed by atoms with Gasteiger partial charge in [0, 0.05) is 34.5 Å². The molecule has 1 heterocycles. The number of hydrogen-bond donors (Lipinski definition) is 1. The van der Waals surface area contributed by atoms with Gasteiger partial charge in [0.15, 0.2) is 9.84 Å². The molecule has 1 aromatic heterocycles. The number of benzene rings is 2. The lowest BCUT2D eigenvalue weighted by atomic mass is 10.1. The van der Waals surface area contributed by atoms with E-state index in [0.29, 0.717) is 16.5 Å².